The van der Waals surface area contributed by atoms with Crippen LogP contribution >= 0.6 is 0 Å². The zero-order chi connectivity index (χ0) is 16.8. The minimum Gasteiger partial charge on any atom is -0.467 e. The van der Waals surface area contributed by atoms with Gasteiger partial charge in [-0.2, -0.15) is 5.10 Å². The maximum atomic E-state index is 10.1. The van der Waals surface area contributed by atoms with E-state index in [-0.39, 0.29) is 0 Å². The highest BCUT2D eigenvalue weighted by Crippen LogP contribution is 2.09. The topological polar surface area (TPSA) is 66.9 Å². The molecule has 0 unspecified atom stereocenters. The molecule has 1 aliphatic rings. The van der Waals surface area contributed by atoms with E-state index in [1.807, 2.05) is 30.1 Å². The molecule has 0 saturated carbocycles. The van der Waals surface area contributed by atoms with E-state index in [9.17, 15) is 5.11 Å². The first-order valence-corrected chi connectivity index (χ1v) is 8.39. The number of nitrogens with zero attached hydrogens (tertiary/aromatic N) is 4. The molecule has 1 N–H and O–H groups in total. The van der Waals surface area contributed by atoms with Gasteiger partial charge in [-0.15, -0.1) is 0 Å². The Hall–Kier alpha value is -1.67. The highest BCUT2D eigenvalue weighted by Gasteiger charge is 2.19. The summed E-state index contributed by atoms with van der Waals surface area (Å²) in [7, 11) is 1.94. The highest BCUT2D eigenvalue weighted by molar-refractivity contribution is 5.03. The molecule has 0 aliphatic carbocycles. The van der Waals surface area contributed by atoms with Gasteiger partial charge in [-0.05, 0) is 12.1 Å². The lowest BCUT2D eigenvalue weighted by atomic mass is 10.2. The van der Waals surface area contributed by atoms with Gasteiger partial charge in [0.05, 0.1) is 25.2 Å². The van der Waals surface area contributed by atoms with E-state index in [1.54, 1.807) is 6.26 Å². The van der Waals surface area contributed by atoms with E-state index >= 15 is 0 Å². The second-order valence-corrected chi connectivity index (χ2v) is 6.35. The molecule has 1 fully saturated rings. The molecule has 3 heterocycles. The summed E-state index contributed by atoms with van der Waals surface area (Å²) < 4.78 is 12.5. The van der Waals surface area contributed by atoms with Crippen LogP contribution in [0.15, 0.2) is 35.2 Å². The van der Waals surface area contributed by atoms with Crippen LogP contribution < -0.4 is 0 Å². The summed E-state index contributed by atoms with van der Waals surface area (Å²) >= 11 is 0. The largest absolute Gasteiger partial charge is 0.467 e. The predicted molar refractivity (Wildman–Crippen MR) is 89.3 cm³/mol. The Morgan fingerprint density at radius 1 is 1.29 bits per heavy atom. The smallest absolute Gasteiger partial charge is 0.129 e. The molecule has 0 radical (unpaired) electrons. The molecule has 1 atom stereocenters. The zero-order valence-corrected chi connectivity index (χ0v) is 14.2. The molecular formula is C17H26N4O3. The van der Waals surface area contributed by atoms with Crippen LogP contribution in [-0.4, -0.2) is 70.1 Å². The van der Waals surface area contributed by atoms with Gasteiger partial charge >= 0.3 is 0 Å². The molecule has 1 aliphatic heterocycles. The van der Waals surface area contributed by atoms with E-state index in [0.717, 1.165) is 38.5 Å². The number of β-amino-alcohol motifs (C(OH)–C–C–N with tert-alkyl or cyclic N) is 1. The van der Waals surface area contributed by atoms with Crippen LogP contribution in [0.25, 0.3) is 0 Å². The summed E-state index contributed by atoms with van der Waals surface area (Å²) in [6, 6.07) is 3.70. The molecular weight excluding hydrogens is 308 g/mol. The first-order chi connectivity index (χ1) is 11.7. The first kappa shape index (κ1) is 17.2. The van der Waals surface area contributed by atoms with Crippen LogP contribution in [0.1, 0.15) is 11.3 Å². The summed E-state index contributed by atoms with van der Waals surface area (Å²) in [6.45, 7) is 6.28. The number of hydrogen-bond donors (Lipinski definition) is 1. The van der Waals surface area contributed by atoms with Crippen LogP contribution in [0.3, 0.4) is 0 Å². The van der Waals surface area contributed by atoms with Crippen LogP contribution in [0.2, 0.25) is 0 Å². The average Bonchev–Trinajstić information content (AvgIpc) is 3.21. The molecule has 3 rings (SSSR count). The fourth-order valence-electron chi connectivity index (χ4n) is 2.98. The molecule has 1 saturated heterocycles. The molecule has 7 heteroatoms. The summed E-state index contributed by atoms with van der Waals surface area (Å²) in [5.41, 5.74) is 1.25. The number of aliphatic hydroxyl groups excluding tert-OH is 1. The second-order valence-electron chi connectivity index (χ2n) is 6.35. The second kappa shape index (κ2) is 8.43. The Balaban J connectivity index is 1.31. The molecule has 24 heavy (non-hydrogen) atoms. The number of aromatic nitrogens is 2. The SMILES string of the molecule is Cn1cc(CN2CCN(C[C@@H](O)COCc3ccco3)CC2)cn1. The number of furan rings is 1. The number of piperazine rings is 1. The van der Waals surface area contributed by atoms with Crippen molar-refractivity contribution in [1.29, 1.82) is 0 Å². The predicted octanol–water partition coefficient (Wildman–Crippen LogP) is 0.708. The molecule has 0 bridgehead atoms. The van der Waals surface area contributed by atoms with E-state index in [1.165, 1.54) is 5.56 Å². The van der Waals surface area contributed by atoms with Crippen molar-refractivity contribution in [1.82, 2.24) is 19.6 Å². The molecule has 132 valence electrons. The average molecular weight is 334 g/mol. The van der Waals surface area contributed by atoms with Crippen molar-refractivity contribution in [2.75, 3.05) is 39.3 Å². The minimum atomic E-state index is -0.468. The van der Waals surface area contributed by atoms with E-state index in [0.29, 0.717) is 19.8 Å². The Bertz CT molecular complexity index is 591. The Labute approximate surface area is 142 Å². The van der Waals surface area contributed by atoms with Crippen LogP contribution in [0, 0.1) is 0 Å². The Morgan fingerprint density at radius 2 is 2.08 bits per heavy atom. The standard InChI is InChI=1S/C17H26N4O3/c1-19-10-15(9-18-19)11-20-4-6-21(7-5-20)12-16(22)13-23-14-17-3-2-8-24-17/h2-3,8-10,16,22H,4-7,11-14H2,1H3/t16-/m1/s1. The number of ether oxygens (including phenoxy) is 1. The monoisotopic (exact) mass is 334 g/mol. The third-order valence-corrected chi connectivity index (χ3v) is 4.23. The zero-order valence-electron chi connectivity index (χ0n) is 14.2. The molecule has 7 nitrogen and oxygen atoms in total. The van der Waals surface area contributed by atoms with Crippen molar-refractivity contribution in [3.05, 3.63) is 42.1 Å². The lowest BCUT2D eigenvalue weighted by molar-refractivity contribution is -0.00308. The van der Waals surface area contributed by atoms with Gasteiger partial charge in [-0.1, -0.05) is 0 Å². The van der Waals surface area contributed by atoms with Gasteiger partial charge in [-0.25, -0.2) is 0 Å². The Morgan fingerprint density at radius 3 is 2.75 bits per heavy atom. The summed E-state index contributed by atoms with van der Waals surface area (Å²) in [5, 5.41) is 14.3. The van der Waals surface area contributed by atoms with Gasteiger partial charge in [0.15, 0.2) is 0 Å². The van der Waals surface area contributed by atoms with Gasteiger partial charge in [-0.3, -0.25) is 14.5 Å². The molecule has 0 aromatic carbocycles. The van der Waals surface area contributed by atoms with Gasteiger partial charge in [0.2, 0.25) is 0 Å². The summed E-state index contributed by atoms with van der Waals surface area (Å²) in [5.74, 6) is 0.784. The maximum absolute atomic E-state index is 10.1. The van der Waals surface area contributed by atoms with Crippen LogP contribution in [0.4, 0.5) is 0 Å². The number of hydrogen-bond acceptors (Lipinski definition) is 6. The fourth-order valence-corrected chi connectivity index (χ4v) is 2.98. The lowest BCUT2D eigenvalue weighted by Gasteiger charge is -2.35. The van der Waals surface area contributed by atoms with Crippen molar-refractivity contribution in [3.63, 3.8) is 0 Å². The van der Waals surface area contributed by atoms with Gasteiger partial charge in [0.25, 0.3) is 0 Å². The highest BCUT2D eigenvalue weighted by atomic mass is 16.5. The van der Waals surface area contributed by atoms with Gasteiger partial charge in [0, 0.05) is 58.1 Å². The third kappa shape index (κ3) is 5.17. The van der Waals surface area contributed by atoms with Crippen molar-refractivity contribution in [2.24, 2.45) is 7.05 Å². The minimum absolute atomic E-state index is 0.330. The van der Waals surface area contributed by atoms with Crippen molar-refractivity contribution in [2.45, 2.75) is 19.3 Å². The Kier molecular flexibility index (Phi) is 6.03. The normalized spacial score (nSPS) is 18.1. The summed E-state index contributed by atoms with van der Waals surface area (Å²) in [4.78, 5) is 4.72. The lowest BCUT2D eigenvalue weighted by Crippen LogP contribution is -2.48. The number of aryl methyl sites for hydroxylation is 1. The van der Waals surface area contributed by atoms with E-state index in [4.69, 9.17) is 9.15 Å². The molecule has 0 spiro atoms. The first-order valence-electron chi connectivity index (χ1n) is 8.39. The molecule has 2 aromatic rings. The van der Waals surface area contributed by atoms with Crippen molar-refractivity contribution >= 4 is 0 Å². The van der Waals surface area contributed by atoms with Crippen molar-refractivity contribution in [3.8, 4) is 0 Å². The van der Waals surface area contributed by atoms with Crippen LogP contribution in [0.5, 0.6) is 0 Å². The van der Waals surface area contributed by atoms with E-state index in [2.05, 4.69) is 21.1 Å². The molecule has 2 aromatic heterocycles. The van der Waals surface area contributed by atoms with Gasteiger partial charge in [0.1, 0.15) is 12.4 Å². The van der Waals surface area contributed by atoms with Crippen molar-refractivity contribution < 1.29 is 14.3 Å². The third-order valence-electron chi connectivity index (χ3n) is 4.23. The quantitative estimate of drug-likeness (QED) is 0.767. The fraction of sp³-hybridized carbons (Fsp3) is 0.588. The van der Waals surface area contributed by atoms with E-state index < -0.39 is 6.10 Å². The molecule has 0 amide bonds. The van der Waals surface area contributed by atoms with Crippen LogP contribution in [-0.2, 0) is 24.9 Å². The van der Waals surface area contributed by atoms with Gasteiger partial charge < -0.3 is 14.3 Å². The maximum Gasteiger partial charge on any atom is 0.129 e. The number of rotatable bonds is 8. The summed E-state index contributed by atoms with van der Waals surface area (Å²) in [6.07, 6.45) is 5.14. The number of aliphatic hydroxyl groups is 1.